The van der Waals surface area contributed by atoms with Crippen LogP contribution in [0.5, 0.6) is 0 Å². The topological polar surface area (TPSA) is 64.2 Å². The summed E-state index contributed by atoms with van der Waals surface area (Å²) < 4.78 is 1.56. The van der Waals surface area contributed by atoms with Gasteiger partial charge in [-0.3, -0.25) is 9.48 Å². The van der Waals surface area contributed by atoms with Crippen LogP contribution in [0.3, 0.4) is 0 Å². The fraction of sp³-hybridized carbons (Fsp3) is 0.733. The van der Waals surface area contributed by atoms with Gasteiger partial charge in [-0.25, -0.2) is 0 Å². The van der Waals surface area contributed by atoms with Crippen molar-refractivity contribution in [3.63, 3.8) is 0 Å². The number of likely N-dealkylation sites (tertiary alicyclic amines) is 1. The second kappa shape index (κ2) is 3.99. The Morgan fingerprint density at radius 3 is 2.70 bits per heavy atom. The molecule has 2 N–H and O–H groups in total. The van der Waals surface area contributed by atoms with Crippen molar-refractivity contribution in [1.82, 2.24) is 14.7 Å². The van der Waals surface area contributed by atoms with Crippen LogP contribution in [-0.2, 0) is 7.05 Å². The van der Waals surface area contributed by atoms with Crippen LogP contribution in [0, 0.1) is 10.8 Å². The van der Waals surface area contributed by atoms with Crippen molar-refractivity contribution in [2.45, 2.75) is 46.1 Å². The molecular formula is C15H24N4O. The average molecular weight is 276 g/mol. The number of hydrogen-bond donors (Lipinski definition) is 1. The molecule has 2 aliphatic rings. The van der Waals surface area contributed by atoms with Crippen LogP contribution >= 0.6 is 0 Å². The van der Waals surface area contributed by atoms with Gasteiger partial charge in [-0.05, 0) is 30.1 Å². The molecule has 1 aliphatic carbocycles. The molecule has 3 rings (SSSR count). The molecule has 1 saturated carbocycles. The van der Waals surface area contributed by atoms with Gasteiger partial charge in [-0.1, -0.05) is 20.8 Å². The lowest BCUT2D eigenvalue weighted by molar-refractivity contribution is 0.0701. The highest BCUT2D eigenvalue weighted by Crippen LogP contribution is 2.52. The molecule has 2 bridgehead atoms. The predicted molar refractivity (Wildman–Crippen MR) is 78.2 cm³/mol. The molecule has 110 valence electrons. The molecule has 2 fully saturated rings. The van der Waals surface area contributed by atoms with E-state index < -0.39 is 0 Å². The molecule has 1 aliphatic heterocycles. The number of nitrogen functional groups attached to an aromatic ring is 1. The summed E-state index contributed by atoms with van der Waals surface area (Å²) >= 11 is 0. The van der Waals surface area contributed by atoms with Gasteiger partial charge >= 0.3 is 0 Å². The fourth-order valence-corrected chi connectivity index (χ4v) is 4.43. The lowest BCUT2D eigenvalue weighted by Gasteiger charge is -2.39. The summed E-state index contributed by atoms with van der Waals surface area (Å²) in [5.41, 5.74) is 6.82. The van der Waals surface area contributed by atoms with Crippen LogP contribution in [0.15, 0.2) is 6.07 Å². The lowest BCUT2D eigenvalue weighted by atomic mass is 9.65. The minimum Gasteiger partial charge on any atom is -0.384 e. The zero-order valence-corrected chi connectivity index (χ0v) is 12.8. The first-order chi connectivity index (χ1) is 9.19. The van der Waals surface area contributed by atoms with Gasteiger partial charge in [0, 0.05) is 25.7 Å². The van der Waals surface area contributed by atoms with Gasteiger partial charge in [0.1, 0.15) is 5.82 Å². The van der Waals surface area contributed by atoms with Crippen LogP contribution in [0.25, 0.3) is 0 Å². The first-order valence-electron chi connectivity index (χ1n) is 7.30. The second-order valence-corrected chi connectivity index (χ2v) is 7.72. The van der Waals surface area contributed by atoms with Crippen LogP contribution in [0.1, 0.15) is 50.5 Å². The van der Waals surface area contributed by atoms with Crippen molar-refractivity contribution < 1.29 is 4.79 Å². The first kappa shape index (κ1) is 13.5. The molecule has 1 saturated heterocycles. The van der Waals surface area contributed by atoms with E-state index in [4.69, 9.17) is 5.73 Å². The van der Waals surface area contributed by atoms with E-state index in [2.05, 4.69) is 25.9 Å². The molecule has 0 radical (unpaired) electrons. The highest BCUT2D eigenvalue weighted by molar-refractivity contribution is 5.93. The van der Waals surface area contributed by atoms with E-state index in [-0.39, 0.29) is 11.3 Å². The number of rotatable bonds is 1. The summed E-state index contributed by atoms with van der Waals surface area (Å²) in [5, 5.41) is 4.23. The summed E-state index contributed by atoms with van der Waals surface area (Å²) in [6, 6.07) is 2.03. The molecule has 1 aromatic rings. The van der Waals surface area contributed by atoms with Gasteiger partial charge in [-0.15, -0.1) is 0 Å². The molecule has 20 heavy (non-hydrogen) atoms. The van der Waals surface area contributed by atoms with Crippen molar-refractivity contribution in [1.29, 1.82) is 0 Å². The molecule has 2 atom stereocenters. The Bertz CT molecular complexity index is 543. The molecule has 1 aromatic heterocycles. The van der Waals surface area contributed by atoms with E-state index >= 15 is 0 Å². The Labute approximate surface area is 120 Å². The number of amides is 1. The Kier molecular flexibility index (Phi) is 2.69. The van der Waals surface area contributed by atoms with Crippen molar-refractivity contribution in [3.8, 4) is 0 Å². The molecule has 0 aromatic carbocycles. The maximum atomic E-state index is 12.7. The van der Waals surface area contributed by atoms with Crippen LogP contribution in [0.4, 0.5) is 5.82 Å². The van der Waals surface area contributed by atoms with Gasteiger partial charge in [0.15, 0.2) is 5.69 Å². The maximum Gasteiger partial charge on any atom is 0.274 e. The van der Waals surface area contributed by atoms with Crippen LogP contribution in [-0.4, -0.2) is 33.2 Å². The van der Waals surface area contributed by atoms with Gasteiger partial charge in [0.05, 0.1) is 0 Å². The Morgan fingerprint density at radius 2 is 2.10 bits per heavy atom. The number of aryl methyl sites for hydroxylation is 1. The third kappa shape index (κ3) is 2.09. The summed E-state index contributed by atoms with van der Waals surface area (Å²) in [4.78, 5) is 14.7. The monoisotopic (exact) mass is 276 g/mol. The number of carbonyl (C=O) groups excluding carboxylic acids is 1. The smallest absolute Gasteiger partial charge is 0.274 e. The fourth-order valence-electron chi connectivity index (χ4n) is 4.43. The van der Waals surface area contributed by atoms with E-state index in [0.717, 1.165) is 19.4 Å². The van der Waals surface area contributed by atoms with E-state index in [1.165, 1.54) is 6.42 Å². The van der Waals surface area contributed by atoms with Gasteiger partial charge in [0.25, 0.3) is 5.91 Å². The number of nitrogens with zero attached hydrogens (tertiary/aromatic N) is 3. The SMILES string of the molecule is Cn1nc(C(=O)N2CC3(C)CC2CC(C)(C)C3)cc1N. The summed E-state index contributed by atoms with van der Waals surface area (Å²) in [5.74, 6) is 0.561. The third-order valence-corrected chi connectivity index (χ3v) is 4.81. The van der Waals surface area contributed by atoms with E-state index in [1.54, 1.807) is 17.8 Å². The number of fused-ring (bicyclic) bond motifs is 2. The van der Waals surface area contributed by atoms with Crippen molar-refractivity contribution >= 4 is 11.7 Å². The van der Waals surface area contributed by atoms with E-state index in [1.807, 2.05) is 4.90 Å². The molecular weight excluding hydrogens is 252 g/mol. The van der Waals surface area contributed by atoms with Gasteiger partial charge in [-0.2, -0.15) is 5.10 Å². The van der Waals surface area contributed by atoms with E-state index in [9.17, 15) is 4.79 Å². The summed E-state index contributed by atoms with van der Waals surface area (Å²) in [7, 11) is 1.76. The quantitative estimate of drug-likeness (QED) is 0.853. The highest BCUT2D eigenvalue weighted by Gasteiger charge is 2.51. The lowest BCUT2D eigenvalue weighted by Crippen LogP contribution is -2.37. The Balaban J connectivity index is 1.87. The van der Waals surface area contributed by atoms with Crippen molar-refractivity contribution in [2.75, 3.05) is 12.3 Å². The number of anilines is 1. The number of aromatic nitrogens is 2. The van der Waals surface area contributed by atoms with Crippen molar-refractivity contribution in [3.05, 3.63) is 11.8 Å². The van der Waals surface area contributed by atoms with Gasteiger partial charge < -0.3 is 10.6 Å². The number of carbonyl (C=O) groups is 1. The largest absolute Gasteiger partial charge is 0.384 e. The minimum absolute atomic E-state index is 0.0312. The van der Waals surface area contributed by atoms with Crippen molar-refractivity contribution in [2.24, 2.45) is 17.9 Å². The normalized spacial score (nSPS) is 31.6. The Morgan fingerprint density at radius 1 is 1.40 bits per heavy atom. The zero-order chi connectivity index (χ0) is 14.7. The minimum atomic E-state index is 0.0312. The van der Waals surface area contributed by atoms with Crippen LogP contribution < -0.4 is 5.73 Å². The summed E-state index contributed by atoms with van der Waals surface area (Å²) in [6.45, 7) is 7.77. The average Bonchev–Trinajstić information content (AvgIpc) is 2.75. The third-order valence-electron chi connectivity index (χ3n) is 4.81. The van der Waals surface area contributed by atoms with E-state index in [0.29, 0.717) is 23.0 Å². The highest BCUT2D eigenvalue weighted by atomic mass is 16.2. The maximum absolute atomic E-state index is 12.7. The number of hydrogen-bond acceptors (Lipinski definition) is 3. The summed E-state index contributed by atoms with van der Waals surface area (Å²) in [6.07, 6.45) is 3.38. The molecule has 0 spiro atoms. The molecule has 1 amide bonds. The standard InChI is InChI=1S/C15H24N4O/c1-14(2)6-10-7-15(3,8-14)9-19(10)13(20)11-5-12(16)18(4)17-11/h5,10H,6-9,16H2,1-4H3. The zero-order valence-electron chi connectivity index (χ0n) is 12.8. The second-order valence-electron chi connectivity index (χ2n) is 7.72. The molecule has 5 heteroatoms. The molecule has 2 heterocycles. The molecule has 5 nitrogen and oxygen atoms in total. The first-order valence-corrected chi connectivity index (χ1v) is 7.30. The van der Waals surface area contributed by atoms with Gasteiger partial charge in [0.2, 0.25) is 0 Å². The molecule has 2 unspecified atom stereocenters. The number of nitrogens with two attached hydrogens (primary N) is 1. The predicted octanol–water partition coefficient (Wildman–Crippen LogP) is 2.04. The Hall–Kier alpha value is -1.52. The van der Waals surface area contributed by atoms with Crippen LogP contribution in [0.2, 0.25) is 0 Å².